The van der Waals surface area contributed by atoms with Crippen molar-refractivity contribution >= 4 is 23.2 Å². The summed E-state index contributed by atoms with van der Waals surface area (Å²) >= 11 is 0. The van der Waals surface area contributed by atoms with Gasteiger partial charge in [-0.1, -0.05) is 18.2 Å². The second kappa shape index (κ2) is 8.33. The van der Waals surface area contributed by atoms with E-state index in [0.29, 0.717) is 25.3 Å². The van der Waals surface area contributed by atoms with E-state index >= 15 is 0 Å². The van der Waals surface area contributed by atoms with Crippen LogP contribution in [-0.4, -0.2) is 56.0 Å². The number of carbonyl (C=O) groups is 2. The van der Waals surface area contributed by atoms with Crippen molar-refractivity contribution in [2.75, 3.05) is 49.1 Å². The van der Waals surface area contributed by atoms with Crippen LogP contribution in [0.5, 0.6) is 5.75 Å². The van der Waals surface area contributed by atoms with Gasteiger partial charge in [-0.3, -0.25) is 9.59 Å². The molecule has 0 N–H and O–H groups in total. The van der Waals surface area contributed by atoms with Gasteiger partial charge in [0.25, 0.3) is 5.91 Å². The summed E-state index contributed by atoms with van der Waals surface area (Å²) in [5.74, 6) is 0.816. The highest BCUT2D eigenvalue weighted by atomic mass is 16.5. The van der Waals surface area contributed by atoms with E-state index < -0.39 is 0 Å². The molecule has 6 nitrogen and oxygen atoms in total. The molecule has 0 aliphatic carbocycles. The molecule has 0 bridgehead atoms. The number of anilines is 2. The van der Waals surface area contributed by atoms with Crippen molar-refractivity contribution in [2.24, 2.45) is 0 Å². The van der Waals surface area contributed by atoms with Crippen LogP contribution < -0.4 is 14.5 Å². The second-order valence-corrected chi connectivity index (χ2v) is 7.13. The van der Waals surface area contributed by atoms with Gasteiger partial charge in [0.2, 0.25) is 5.91 Å². The number of nitrogens with zero attached hydrogens (tertiary/aromatic N) is 3. The third-order valence-corrected chi connectivity index (χ3v) is 5.34. The molecule has 0 unspecified atom stereocenters. The van der Waals surface area contributed by atoms with Gasteiger partial charge in [0.05, 0.1) is 0 Å². The summed E-state index contributed by atoms with van der Waals surface area (Å²) in [5, 5.41) is 0. The van der Waals surface area contributed by atoms with Crippen LogP contribution in [-0.2, 0) is 9.59 Å². The smallest absolute Gasteiger partial charge is 0.260 e. The summed E-state index contributed by atoms with van der Waals surface area (Å²) in [6, 6.07) is 17.7. The van der Waals surface area contributed by atoms with Crippen molar-refractivity contribution in [1.82, 2.24) is 4.90 Å². The van der Waals surface area contributed by atoms with Crippen LogP contribution in [0.15, 0.2) is 54.6 Å². The Kier molecular flexibility index (Phi) is 5.46. The molecule has 6 heteroatoms. The molecular formula is C22H25N3O3. The zero-order valence-corrected chi connectivity index (χ0v) is 15.9. The predicted molar refractivity (Wildman–Crippen MR) is 109 cm³/mol. The lowest BCUT2D eigenvalue weighted by Crippen LogP contribution is -2.50. The molecule has 2 fully saturated rings. The summed E-state index contributed by atoms with van der Waals surface area (Å²) in [5.41, 5.74) is 2.08. The number of ether oxygens (including phenoxy) is 1. The molecule has 0 atom stereocenters. The number of rotatable bonds is 5. The van der Waals surface area contributed by atoms with Gasteiger partial charge in [0.15, 0.2) is 6.61 Å². The Bertz CT molecular complexity index is 815. The number of amides is 2. The van der Waals surface area contributed by atoms with Gasteiger partial charge in [-0.05, 0) is 42.8 Å². The van der Waals surface area contributed by atoms with Gasteiger partial charge in [0, 0.05) is 50.5 Å². The van der Waals surface area contributed by atoms with Crippen LogP contribution >= 0.6 is 0 Å². The van der Waals surface area contributed by atoms with Crippen molar-refractivity contribution < 1.29 is 14.3 Å². The fourth-order valence-electron chi connectivity index (χ4n) is 3.73. The fourth-order valence-corrected chi connectivity index (χ4v) is 3.73. The maximum Gasteiger partial charge on any atom is 0.260 e. The van der Waals surface area contributed by atoms with Crippen LogP contribution in [0.4, 0.5) is 11.4 Å². The molecule has 2 aromatic carbocycles. The molecule has 0 spiro atoms. The van der Waals surface area contributed by atoms with Gasteiger partial charge < -0.3 is 19.4 Å². The topological polar surface area (TPSA) is 53.1 Å². The molecule has 0 radical (unpaired) electrons. The van der Waals surface area contributed by atoms with Crippen LogP contribution in [0.3, 0.4) is 0 Å². The Hall–Kier alpha value is -3.02. The zero-order valence-electron chi connectivity index (χ0n) is 15.9. The largest absolute Gasteiger partial charge is 0.484 e. The lowest BCUT2D eigenvalue weighted by atomic mass is 10.2. The Morgan fingerprint density at radius 2 is 1.57 bits per heavy atom. The minimum Gasteiger partial charge on any atom is -0.484 e. The summed E-state index contributed by atoms with van der Waals surface area (Å²) < 4.78 is 5.67. The molecule has 2 aliphatic rings. The van der Waals surface area contributed by atoms with Crippen LogP contribution in [0.1, 0.15) is 12.8 Å². The van der Waals surface area contributed by atoms with Crippen molar-refractivity contribution in [2.45, 2.75) is 12.8 Å². The first kappa shape index (κ1) is 18.3. The molecule has 2 aromatic rings. The first-order valence-corrected chi connectivity index (χ1v) is 9.82. The van der Waals surface area contributed by atoms with E-state index in [2.05, 4.69) is 17.0 Å². The number of carbonyl (C=O) groups excluding carboxylic acids is 2. The first-order valence-electron chi connectivity index (χ1n) is 9.82. The van der Waals surface area contributed by atoms with E-state index in [4.69, 9.17) is 4.74 Å². The highest BCUT2D eigenvalue weighted by Gasteiger charge is 2.23. The Morgan fingerprint density at radius 1 is 0.857 bits per heavy atom. The summed E-state index contributed by atoms with van der Waals surface area (Å²) in [4.78, 5) is 30.2. The third kappa shape index (κ3) is 4.11. The molecule has 0 aromatic heterocycles. The number of hydrogen-bond acceptors (Lipinski definition) is 4. The van der Waals surface area contributed by atoms with Gasteiger partial charge in [0.1, 0.15) is 5.75 Å². The van der Waals surface area contributed by atoms with Gasteiger partial charge in [-0.2, -0.15) is 0 Å². The van der Waals surface area contributed by atoms with Crippen LogP contribution in [0, 0.1) is 0 Å². The second-order valence-electron chi connectivity index (χ2n) is 7.13. The van der Waals surface area contributed by atoms with E-state index in [0.717, 1.165) is 31.7 Å². The van der Waals surface area contributed by atoms with Gasteiger partial charge in [-0.25, -0.2) is 0 Å². The molecular weight excluding hydrogens is 354 g/mol. The van der Waals surface area contributed by atoms with E-state index in [1.807, 2.05) is 47.4 Å². The molecule has 146 valence electrons. The lowest BCUT2D eigenvalue weighted by molar-refractivity contribution is -0.133. The monoisotopic (exact) mass is 379 g/mol. The van der Waals surface area contributed by atoms with Gasteiger partial charge in [-0.15, -0.1) is 0 Å². The summed E-state index contributed by atoms with van der Waals surface area (Å²) in [6.07, 6.45) is 1.52. The molecule has 28 heavy (non-hydrogen) atoms. The van der Waals surface area contributed by atoms with Crippen molar-refractivity contribution in [3.63, 3.8) is 0 Å². The van der Waals surface area contributed by atoms with Crippen molar-refractivity contribution in [1.29, 1.82) is 0 Å². The van der Waals surface area contributed by atoms with E-state index in [1.54, 1.807) is 4.90 Å². The zero-order chi connectivity index (χ0) is 19.3. The summed E-state index contributed by atoms with van der Waals surface area (Å²) in [7, 11) is 0. The average molecular weight is 379 g/mol. The minimum atomic E-state index is 0.00603. The number of benzene rings is 2. The third-order valence-electron chi connectivity index (χ3n) is 5.34. The fraction of sp³-hybridized carbons (Fsp3) is 0.364. The first-order chi connectivity index (χ1) is 13.7. The minimum absolute atomic E-state index is 0.00603. The quantitative estimate of drug-likeness (QED) is 0.801. The van der Waals surface area contributed by atoms with Gasteiger partial charge >= 0.3 is 0 Å². The van der Waals surface area contributed by atoms with Crippen LogP contribution in [0.2, 0.25) is 0 Å². The predicted octanol–water partition coefficient (Wildman–Crippen LogP) is 2.54. The lowest BCUT2D eigenvalue weighted by Gasteiger charge is -2.36. The van der Waals surface area contributed by atoms with E-state index in [-0.39, 0.29) is 18.4 Å². The normalized spacial score (nSPS) is 17.1. The SMILES string of the molecule is O=C(COc1ccc(N2CCCC2=O)cc1)N1CCN(c2ccccc2)CC1. The highest BCUT2D eigenvalue weighted by molar-refractivity contribution is 5.95. The Morgan fingerprint density at radius 3 is 2.21 bits per heavy atom. The maximum atomic E-state index is 12.5. The Balaban J connectivity index is 1.25. The maximum absolute atomic E-state index is 12.5. The Labute approximate surface area is 165 Å². The number of para-hydroxylation sites is 1. The summed E-state index contributed by atoms with van der Waals surface area (Å²) in [6.45, 7) is 3.86. The van der Waals surface area contributed by atoms with E-state index in [9.17, 15) is 9.59 Å². The standard InChI is InChI=1S/C22H25N3O3/c26-21-7-4-12-25(21)19-8-10-20(11-9-19)28-17-22(27)24-15-13-23(14-16-24)18-5-2-1-3-6-18/h1-3,5-6,8-11H,4,7,12-17H2. The highest BCUT2D eigenvalue weighted by Crippen LogP contribution is 2.24. The molecule has 2 saturated heterocycles. The molecule has 2 aliphatic heterocycles. The average Bonchev–Trinajstić information content (AvgIpc) is 3.19. The molecule has 2 amide bonds. The number of piperazine rings is 1. The molecule has 4 rings (SSSR count). The number of hydrogen-bond donors (Lipinski definition) is 0. The van der Waals surface area contributed by atoms with Crippen molar-refractivity contribution in [3.05, 3.63) is 54.6 Å². The van der Waals surface area contributed by atoms with Crippen LogP contribution in [0.25, 0.3) is 0 Å². The molecule has 0 saturated carbocycles. The molecule has 2 heterocycles. The van der Waals surface area contributed by atoms with E-state index in [1.165, 1.54) is 5.69 Å². The van der Waals surface area contributed by atoms with Crippen molar-refractivity contribution in [3.8, 4) is 5.75 Å².